The normalized spacial score (nSPS) is 22.9. The molecule has 0 spiro atoms. The Bertz CT molecular complexity index is 549. The number of carbonyl (C=O) groups is 1. The first-order valence-electron chi connectivity index (χ1n) is 4.98. The van der Waals surface area contributed by atoms with Gasteiger partial charge in [-0.3, -0.25) is 14.9 Å². The molecule has 16 heavy (non-hydrogen) atoms. The third-order valence-electron chi connectivity index (χ3n) is 3.04. The molecule has 0 radical (unpaired) electrons. The maximum Gasteiger partial charge on any atom is 0.254 e. The van der Waals surface area contributed by atoms with Crippen LogP contribution in [0.3, 0.4) is 0 Å². The molecule has 0 bridgehead atoms. The number of hydrogen-bond donors (Lipinski definition) is 2. The van der Waals surface area contributed by atoms with Gasteiger partial charge in [-0.15, -0.1) is 0 Å². The fourth-order valence-electron chi connectivity index (χ4n) is 2.13. The molecule has 1 unspecified atom stereocenters. The lowest BCUT2D eigenvalue weighted by Gasteiger charge is -2.23. The number of nitrogens with one attached hydrogen (secondary N) is 2. The van der Waals surface area contributed by atoms with Crippen LogP contribution >= 0.6 is 0 Å². The molecule has 3 heterocycles. The number of fused-ring (bicyclic) bond motifs is 1. The molecule has 1 aliphatic heterocycles. The van der Waals surface area contributed by atoms with Gasteiger partial charge in [-0.2, -0.15) is 5.10 Å². The van der Waals surface area contributed by atoms with Gasteiger partial charge in [0.1, 0.15) is 0 Å². The maximum absolute atomic E-state index is 11.8. The Kier molecular flexibility index (Phi) is 1.65. The summed E-state index contributed by atoms with van der Waals surface area (Å²) in [5.74, 6) is -0.0909. The Morgan fingerprint density at radius 1 is 1.38 bits per heavy atom. The highest BCUT2D eigenvalue weighted by Crippen LogP contribution is 2.35. The summed E-state index contributed by atoms with van der Waals surface area (Å²) >= 11 is 0. The highest BCUT2D eigenvalue weighted by atomic mass is 16.2. The van der Waals surface area contributed by atoms with E-state index in [1.54, 1.807) is 24.8 Å². The Labute approximate surface area is 91.9 Å². The van der Waals surface area contributed by atoms with Crippen molar-refractivity contribution in [2.45, 2.75) is 12.5 Å². The van der Waals surface area contributed by atoms with E-state index in [-0.39, 0.29) is 5.91 Å². The summed E-state index contributed by atoms with van der Waals surface area (Å²) in [6, 6.07) is 1.86. The van der Waals surface area contributed by atoms with Crippen LogP contribution in [-0.4, -0.2) is 21.1 Å². The van der Waals surface area contributed by atoms with E-state index in [2.05, 4.69) is 20.5 Å². The molecule has 2 aromatic heterocycles. The van der Waals surface area contributed by atoms with Gasteiger partial charge >= 0.3 is 0 Å². The van der Waals surface area contributed by atoms with Gasteiger partial charge in [-0.25, -0.2) is 0 Å². The molecule has 1 amide bonds. The van der Waals surface area contributed by atoms with Crippen LogP contribution in [-0.2, 0) is 5.54 Å². The molecule has 2 aromatic rings. The van der Waals surface area contributed by atoms with Crippen LogP contribution in [0.2, 0.25) is 0 Å². The Balaban J connectivity index is 2.23. The Hall–Kier alpha value is -2.17. The van der Waals surface area contributed by atoms with Crippen LogP contribution in [0.1, 0.15) is 28.4 Å². The third kappa shape index (κ3) is 1.02. The first-order valence-corrected chi connectivity index (χ1v) is 4.98. The molecule has 0 saturated heterocycles. The standard InChI is InChI=1S/C11H10N4O/c1-11(7-4-13-14-5-7)9-2-3-12-6-8(9)10(16)15-11/h2-6H,1H3,(H,13,14)(H,15,16). The van der Waals surface area contributed by atoms with E-state index < -0.39 is 5.54 Å². The van der Waals surface area contributed by atoms with Gasteiger partial charge in [0.15, 0.2) is 0 Å². The maximum atomic E-state index is 11.8. The van der Waals surface area contributed by atoms with Gasteiger partial charge in [0.05, 0.1) is 17.3 Å². The number of nitrogens with zero attached hydrogens (tertiary/aromatic N) is 2. The molecule has 2 N–H and O–H groups in total. The number of amides is 1. The van der Waals surface area contributed by atoms with E-state index in [0.29, 0.717) is 5.56 Å². The van der Waals surface area contributed by atoms with Crippen molar-refractivity contribution in [3.8, 4) is 0 Å². The molecular formula is C11H10N4O. The molecular weight excluding hydrogens is 204 g/mol. The lowest BCUT2D eigenvalue weighted by Crippen LogP contribution is -2.36. The number of pyridine rings is 1. The molecule has 3 rings (SSSR count). The second kappa shape index (κ2) is 2.91. The highest BCUT2D eigenvalue weighted by molar-refractivity contribution is 6.00. The quantitative estimate of drug-likeness (QED) is 0.738. The second-order valence-electron chi connectivity index (χ2n) is 3.99. The Morgan fingerprint density at radius 2 is 2.25 bits per heavy atom. The zero-order valence-electron chi connectivity index (χ0n) is 8.69. The topological polar surface area (TPSA) is 70.7 Å². The molecule has 0 aromatic carbocycles. The average Bonchev–Trinajstić information content (AvgIpc) is 2.89. The molecule has 80 valence electrons. The molecule has 5 heteroatoms. The van der Waals surface area contributed by atoms with Crippen molar-refractivity contribution in [2.24, 2.45) is 0 Å². The summed E-state index contributed by atoms with van der Waals surface area (Å²) in [6.07, 6.45) is 6.79. The first kappa shape index (κ1) is 9.08. The van der Waals surface area contributed by atoms with Gasteiger partial charge in [-0.1, -0.05) is 0 Å². The van der Waals surface area contributed by atoms with Gasteiger partial charge in [0, 0.05) is 24.2 Å². The fourth-order valence-corrected chi connectivity index (χ4v) is 2.13. The predicted molar refractivity (Wildman–Crippen MR) is 56.7 cm³/mol. The predicted octanol–water partition coefficient (Wildman–Crippen LogP) is 0.812. The fraction of sp³-hybridized carbons (Fsp3) is 0.182. The zero-order chi connectivity index (χ0) is 11.2. The van der Waals surface area contributed by atoms with E-state index in [1.807, 2.05) is 13.0 Å². The lowest BCUT2D eigenvalue weighted by molar-refractivity contribution is 0.0944. The summed E-state index contributed by atoms with van der Waals surface area (Å²) in [4.78, 5) is 15.8. The van der Waals surface area contributed by atoms with Crippen molar-refractivity contribution < 1.29 is 4.79 Å². The van der Waals surface area contributed by atoms with Crippen LogP contribution in [0.15, 0.2) is 30.9 Å². The minimum Gasteiger partial charge on any atom is -0.338 e. The first-order chi connectivity index (χ1) is 7.72. The van der Waals surface area contributed by atoms with Crippen molar-refractivity contribution in [1.82, 2.24) is 20.5 Å². The van der Waals surface area contributed by atoms with E-state index in [9.17, 15) is 4.79 Å². The highest BCUT2D eigenvalue weighted by Gasteiger charge is 2.40. The van der Waals surface area contributed by atoms with Gasteiger partial charge in [0.2, 0.25) is 0 Å². The monoisotopic (exact) mass is 214 g/mol. The molecule has 0 fully saturated rings. The van der Waals surface area contributed by atoms with E-state index in [1.165, 1.54) is 0 Å². The largest absolute Gasteiger partial charge is 0.338 e. The van der Waals surface area contributed by atoms with Crippen LogP contribution in [0.4, 0.5) is 0 Å². The summed E-state index contributed by atoms with van der Waals surface area (Å²) < 4.78 is 0. The summed E-state index contributed by atoms with van der Waals surface area (Å²) in [5.41, 5.74) is 1.99. The van der Waals surface area contributed by atoms with Gasteiger partial charge in [-0.05, 0) is 18.6 Å². The van der Waals surface area contributed by atoms with Crippen molar-refractivity contribution in [3.63, 3.8) is 0 Å². The third-order valence-corrected chi connectivity index (χ3v) is 3.04. The van der Waals surface area contributed by atoms with Crippen LogP contribution < -0.4 is 5.32 Å². The second-order valence-corrected chi connectivity index (χ2v) is 3.99. The van der Waals surface area contributed by atoms with E-state index in [0.717, 1.165) is 11.1 Å². The zero-order valence-corrected chi connectivity index (χ0v) is 8.69. The lowest BCUT2D eigenvalue weighted by atomic mass is 9.88. The molecule has 1 atom stereocenters. The number of aromatic nitrogens is 3. The summed E-state index contributed by atoms with van der Waals surface area (Å²) in [7, 11) is 0. The number of rotatable bonds is 1. The van der Waals surface area contributed by atoms with E-state index in [4.69, 9.17) is 0 Å². The van der Waals surface area contributed by atoms with E-state index >= 15 is 0 Å². The average molecular weight is 214 g/mol. The van der Waals surface area contributed by atoms with Gasteiger partial charge < -0.3 is 5.32 Å². The molecule has 5 nitrogen and oxygen atoms in total. The van der Waals surface area contributed by atoms with Crippen molar-refractivity contribution >= 4 is 5.91 Å². The number of hydrogen-bond acceptors (Lipinski definition) is 3. The summed E-state index contributed by atoms with van der Waals surface area (Å²) in [6.45, 7) is 1.96. The number of aromatic amines is 1. The molecule has 0 saturated carbocycles. The minimum atomic E-state index is -0.512. The number of H-pyrrole nitrogens is 1. The SMILES string of the molecule is CC1(c2cn[nH]c2)NC(=O)c2cnccc21. The van der Waals surface area contributed by atoms with Gasteiger partial charge in [0.25, 0.3) is 5.91 Å². The summed E-state index contributed by atoms with van der Waals surface area (Å²) in [5, 5.41) is 9.64. The smallest absolute Gasteiger partial charge is 0.254 e. The van der Waals surface area contributed by atoms with Crippen LogP contribution in [0.25, 0.3) is 0 Å². The Morgan fingerprint density at radius 3 is 3.00 bits per heavy atom. The molecule has 1 aliphatic rings. The minimum absolute atomic E-state index is 0.0909. The van der Waals surface area contributed by atoms with Crippen LogP contribution in [0, 0.1) is 0 Å². The van der Waals surface area contributed by atoms with Crippen LogP contribution in [0.5, 0.6) is 0 Å². The van der Waals surface area contributed by atoms with Crippen molar-refractivity contribution in [1.29, 1.82) is 0 Å². The number of carbonyl (C=O) groups excluding carboxylic acids is 1. The van der Waals surface area contributed by atoms with Crippen molar-refractivity contribution in [3.05, 3.63) is 47.5 Å². The molecule has 0 aliphatic carbocycles. The van der Waals surface area contributed by atoms with Crippen molar-refractivity contribution in [2.75, 3.05) is 0 Å².